The lowest BCUT2D eigenvalue weighted by molar-refractivity contribution is -0.125. The predicted octanol–water partition coefficient (Wildman–Crippen LogP) is 0.0553. The SMILES string of the molecule is NNC(=O)CN1C(=O)COc2ccc(Cl)cc21. The Morgan fingerprint density at radius 2 is 2.35 bits per heavy atom. The molecule has 0 saturated carbocycles. The van der Waals surface area contributed by atoms with E-state index < -0.39 is 5.91 Å². The maximum absolute atomic E-state index is 11.7. The molecule has 1 aromatic rings. The number of fused-ring (bicyclic) bond motifs is 1. The molecule has 3 N–H and O–H groups in total. The molecular formula is C10H10ClN3O3. The summed E-state index contributed by atoms with van der Waals surface area (Å²) in [6.45, 7) is -0.265. The molecule has 2 amide bonds. The molecular weight excluding hydrogens is 246 g/mol. The van der Waals surface area contributed by atoms with Crippen molar-refractivity contribution in [2.24, 2.45) is 5.84 Å². The van der Waals surface area contributed by atoms with Crippen LogP contribution in [0.5, 0.6) is 5.75 Å². The molecule has 2 rings (SSSR count). The van der Waals surface area contributed by atoms with Crippen LogP contribution in [0.1, 0.15) is 0 Å². The molecule has 0 atom stereocenters. The van der Waals surface area contributed by atoms with Crippen LogP contribution in [0.15, 0.2) is 18.2 Å². The van der Waals surface area contributed by atoms with Crippen LogP contribution in [0.2, 0.25) is 5.02 Å². The average molecular weight is 256 g/mol. The zero-order valence-corrected chi connectivity index (χ0v) is 9.53. The van der Waals surface area contributed by atoms with Crippen molar-refractivity contribution in [2.45, 2.75) is 0 Å². The fourth-order valence-electron chi connectivity index (χ4n) is 1.54. The Labute approximate surface area is 102 Å². The second-order valence-corrected chi connectivity index (χ2v) is 3.88. The van der Waals surface area contributed by atoms with Gasteiger partial charge >= 0.3 is 0 Å². The summed E-state index contributed by atoms with van der Waals surface area (Å²) in [7, 11) is 0. The van der Waals surface area contributed by atoms with E-state index in [0.29, 0.717) is 16.5 Å². The Morgan fingerprint density at radius 1 is 1.59 bits per heavy atom. The summed E-state index contributed by atoms with van der Waals surface area (Å²) in [4.78, 5) is 24.2. The Hall–Kier alpha value is -1.79. The number of ether oxygens (including phenoxy) is 1. The normalized spacial score (nSPS) is 14.0. The van der Waals surface area contributed by atoms with Crippen LogP contribution in [0, 0.1) is 0 Å². The molecule has 0 spiro atoms. The number of hydrogen-bond acceptors (Lipinski definition) is 4. The van der Waals surface area contributed by atoms with E-state index in [1.807, 2.05) is 5.43 Å². The first kappa shape index (κ1) is 11.7. The van der Waals surface area contributed by atoms with Gasteiger partial charge in [0.2, 0.25) is 0 Å². The van der Waals surface area contributed by atoms with Gasteiger partial charge < -0.3 is 4.74 Å². The fourth-order valence-corrected chi connectivity index (χ4v) is 1.70. The largest absolute Gasteiger partial charge is 0.482 e. The van der Waals surface area contributed by atoms with Gasteiger partial charge in [0.1, 0.15) is 12.3 Å². The van der Waals surface area contributed by atoms with Crippen molar-refractivity contribution in [3.05, 3.63) is 23.2 Å². The molecule has 0 fully saturated rings. The van der Waals surface area contributed by atoms with Crippen LogP contribution < -0.4 is 20.9 Å². The number of amides is 2. The molecule has 6 nitrogen and oxygen atoms in total. The van der Waals surface area contributed by atoms with E-state index >= 15 is 0 Å². The van der Waals surface area contributed by atoms with Crippen LogP contribution in [-0.4, -0.2) is 25.0 Å². The highest BCUT2D eigenvalue weighted by Gasteiger charge is 2.27. The topological polar surface area (TPSA) is 84.7 Å². The van der Waals surface area contributed by atoms with E-state index in [1.165, 1.54) is 4.90 Å². The van der Waals surface area contributed by atoms with Crippen molar-refractivity contribution >= 4 is 29.1 Å². The van der Waals surface area contributed by atoms with Gasteiger partial charge in [0.15, 0.2) is 6.61 Å². The average Bonchev–Trinajstić information content (AvgIpc) is 2.32. The van der Waals surface area contributed by atoms with Gasteiger partial charge in [-0.05, 0) is 18.2 Å². The molecule has 1 aliphatic heterocycles. The Balaban J connectivity index is 2.35. The molecule has 1 heterocycles. The fraction of sp³-hybridized carbons (Fsp3) is 0.200. The molecule has 90 valence electrons. The predicted molar refractivity (Wildman–Crippen MR) is 61.6 cm³/mol. The number of nitrogens with one attached hydrogen (secondary N) is 1. The zero-order valence-electron chi connectivity index (χ0n) is 8.77. The highest BCUT2D eigenvalue weighted by molar-refractivity contribution is 6.31. The number of nitrogens with zero attached hydrogens (tertiary/aromatic N) is 1. The van der Waals surface area contributed by atoms with Gasteiger partial charge in [0, 0.05) is 5.02 Å². The van der Waals surface area contributed by atoms with Gasteiger partial charge in [-0.1, -0.05) is 11.6 Å². The lowest BCUT2D eigenvalue weighted by Gasteiger charge is -2.28. The molecule has 0 aromatic heterocycles. The summed E-state index contributed by atoms with van der Waals surface area (Å²) in [5.41, 5.74) is 2.44. The number of hydrogen-bond donors (Lipinski definition) is 2. The van der Waals surface area contributed by atoms with E-state index in [2.05, 4.69) is 0 Å². The first-order chi connectivity index (χ1) is 8.11. The van der Waals surface area contributed by atoms with Crippen molar-refractivity contribution in [2.75, 3.05) is 18.1 Å². The summed E-state index contributed by atoms with van der Waals surface area (Å²) >= 11 is 5.84. The molecule has 0 aliphatic carbocycles. The summed E-state index contributed by atoms with van der Waals surface area (Å²) in [6.07, 6.45) is 0. The van der Waals surface area contributed by atoms with E-state index in [9.17, 15) is 9.59 Å². The van der Waals surface area contributed by atoms with Gasteiger partial charge in [0.25, 0.3) is 11.8 Å². The number of rotatable bonds is 2. The Morgan fingerprint density at radius 3 is 3.06 bits per heavy atom. The first-order valence-corrected chi connectivity index (χ1v) is 5.22. The number of carbonyl (C=O) groups is 2. The van der Waals surface area contributed by atoms with Crippen LogP contribution in [0.3, 0.4) is 0 Å². The van der Waals surface area contributed by atoms with Gasteiger partial charge in [0.05, 0.1) is 5.69 Å². The Bertz CT molecular complexity index is 478. The minimum atomic E-state index is -0.467. The zero-order chi connectivity index (χ0) is 12.4. The summed E-state index contributed by atoms with van der Waals surface area (Å²) in [6, 6.07) is 4.87. The van der Waals surface area contributed by atoms with Gasteiger partial charge in [-0.2, -0.15) is 0 Å². The smallest absolute Gasteiger partial charge is 0.265 e. The number of anilines is 1. The van der Waals surface area contributed by atoms with Crippen LogP contribution >= 0.6 is 11.6 Å². The van der Waals surface area contributed by atoms with Crippen molar-refractivity contribution in [3.63, 3.8) is 0 Å². The van der Waals surface area contributed by atoms with Gasteiger partial charge in [-0.25, -0.2) is 5.84 Å². The van der Waals surface area contributed by atoms with Crippen molar-refractivity contribution < 1.29 is 14.3 Å². The monoisotopic (exact) mass is 255 g/mol. The van der Waals surface area contributed by atoms with Gasteiger partial charge in [-0.3, -0.25) is 19.9 Å². The van der Waals surface area contributed by atoms with Crippen LogP contribution in [-0.2, 0) is 9.59 Å². The maximum Gasteiger partial charge on any atom is 0.265 e. The molecule has 1 aromatic carbocycles. The van der Waals surface area contributed by atoms with Crippen LogP contribution in [0.25, 0.3) is 0 Å². The maximum atomic E-state index is 11.7. The van der Waals surface area contributed by atoms with E-state index in [0.717, 1.165) is 0 Å². The lowest BCUT2D eigenvalue weighted by atomic mass is 10.2. The minimum absolute atomic E-state index is 0.105. The third kappa shape index (κ3) is 2.32. The summed E-state index contributed by atoms with van der Waals surface area (Å²) < 4.78 is 5.22. The molecule has 0 bridgehead atoms. The number of halogens is 1. The summed E-state index contributed by atoms with van der Waals surface area (Å²) in [5, 5.41) is 0.459. The molecule has 0 unspecified atom stereocenters. The molecule has 0 radical (unpaired) electrons. The third-order valence-electron chi connectivity index (χ3n) is 2.33. The van der Waals surface area contributed by atoms with Gasteiger partial charge in [-0.15, -0.1) is 0 Å². The Kier molecular flexibility index (Phi) is 3.16. The van der Waals surface area contributed by atoms with Crippen molar-refractivity contribution in [1.29, 1.82) is 0 Å². The quantitative estimate of drug-likeness (QED) is 0.444. The lowest BCUT2D eigenvalue weighted by Crippen LogP contribution is -2.46. The first-order valence-electron chi connectivity index (χ1n) is 4.84. The molecule has 7 heteroatoms. The number of benzene rings is 1. The minimum Gasteiger partial charge on any atom is -0.482 e. The molecule has 0 saturated heterocycles. The van der Waals surface area contributed by atoms with Crippen molar-refractivity contribution in [3.8, 4) is 5.75 Å². The molecule has 17 heavy (non-hydrogen) atoms. The summed E-state index contributed by atoms with van der Waals surface area (Å²) in [5.74, 6) is 4.72. The number of carbonyl (C=O) groups excluding carboxylic acids is 2. The second-order valence-electron chi connectivity index (χ2n) is 3.45. The third-order valence-corrected chi connectivity index (χ3v) is 2.56. The second kappa shape index (κ2) is 4.60. The highest BCUT2D eigenvalue weighted by atomic mass is 35.5. The van der Waals surface area contributed by atoms with E-state index in [1.54, 1.807) is 18.2 Å². The van der Waals surface area contributed by atoms with E-state index in [-0.39, 0.29) is 19.1 Å². The number of hydrazine groups is 1. The van der Waals surface area contributed by atoms with E-state index in [4.69, 9.17) is 22.2 Å². The number of nitrogens with two attached hydrogens (primary N) is 1. The van der Waals surface area contributed by atoms with Crippen LogP contribution in [0.4, 0.5) is 5.69 Å². The standard InChI is InChI=1S/C10H10ClN3O3/c11-6-1-2-8-7(3-6)14(4-9(15)13-12)10(16)5-17-8/h1-3H,4-5,12H2,(H,13,15). The highest BCUT2D eigenvalue weighted by Crippen LogP contribution is 2.34. The molecule has 1 aliphatic rings. The van der Waals surface area contributed by atoms with Crippen molar-refractivity contribution in [1.82, 2.24) is 5.43 Å².